The molecule has 0 aliphatic heterocycles. The van der Waals surface area contributed by atoms with Crippen LogP contribution in [0.2, 0.25) is 0 Å². The highest BCUT2D eigenvalue weighted by Crippen LogP contribution is 2.29. The Morgan fingerprint density at radius 1 is 1.15 bits per heavy atom. The lowest BCUT2D eigenvalue weighted by atomic mass is 10.0. The van der Waals surface area contributed by atoms with Crippen molar-refractivity contribution in [2.45, 2.75) is 65.4 Å². The molecule has 6 nitrogen and oxygen atoms in total. The average molecular weight is 467 g/mol. The molecule has 0 unspecified atom stereocenters. The van der Waals surface area contributed by atoms with Gasteiger partial charge in [-0.2, -0.15) is 4.40 Å². The number of benzene rings is 1. The van der Waals surface area contributed by atoms with Gasteiger partial charge in [-0.15, -0.1) is 0 Å². The lowest BCUT2D eigenvalue weighted by Gasteiger charge is -2.14. The van der Waals surface area contributed by atoms with Crippen molar-refractivity contribution in [3.8, 4) is 11.3 Å². The van der Waals surface area contributed by atoms with Crippen molar-refractivity contribution in [2.75, 3.05) is 6.61 Å². The Kier molecular flexibility index (Phi) is 8.32. The first-order valence-electron chi connectivity index (χ1n) is 11.3. The summed E-state index contributed by atoms with van der Waals surface area (Å²) in [5.74, 6) is 1.10. The highest BCUT2D eigenvalue weighted by Gasteiger charge is 2.22. The SMILES string of the molecule is Cc1nc(-c2cccnc2C(C)C)c(/C=N/[S@@](=O)C(C)(C)C)n1CCOCc1ccccc1. The topological polar surface area (TPSA) is 69.4 Å². The molecular formula is C26H34N4O2S. The van der Waals surface area contributed by atoms with Crippen molar-refractivity contribution in [3.05, 3.63) is 71.4 Å². The van der Waals surface area contributed by atoms with Crippen molar-refractivity contribution in [1.82, 2.24) is 14.5 Å². The van der Waals surface area contributed by atoms with E-state index >= 15 is 0 Å². The van der Waals surface area contributed by atoms with Gasteiger partial charge >= 0.3 is 0 Å². The maximum atomic E-state index is 12.6. The van der Waals surface area contributed by atoms with Crippen LogP contribution in [0.4, 0.5) is 0 Å². The second kappa shape index (κ2) is 11.0. The second-order valence-electron chi connectivity index (χ2n) is 9.27. The van der Waals surface area contributed by atoms with Gasteiger partial charge in [0.2, 0.25) is 0 Å². The zero-order valence-corrected chi connectivity index (χ0v) is 21.2. The molecule has 0 radical (unpaired) electrons. The first-order chi connectivity index (χ1) is 15.7. The molecule has 2 aromatic heterocycles. The predicted octanol–water partition coefficient (Wildman–Crippen LogP) is 5.47. The number of rotatable bonds is 9. The summed E-state index contributed by atoms with van der Waals surface area (Å²) in [6.45, 7) is 13.7. The molecule has 0 bridgehead atoms. The van der Waals surface area contributed by atoms with E-state index in [9.17, 15) is 4.21 Å². The molecular weight excluding hydrogens is 432 g/mol. The molecule has 0 N–H and O–H groups in total. The Morgan fingerprint density at radius 2 is 1.88 bits per heavy atom. The van der Waals surface area contributed by atoms with E-state index in [2.05, 4.69) is 39.9 Å². The highest BCUT2D eigenvalue weighted by molar-refractivity contribution is 7.85. The summed E-state index contributed by atoms with van der Waals surface area (Å²) in [5, 5.41) is 0. The fraction of sp³-hybridized carbons (Fsp3) is 0.423. The van der Waals surface area contributed by atoms with Gasteiger partial charge in [0, 0.05) is 18.3 Å². The van der Waals surface area contributed by atoms with Crippen molar-refractivity contribution in [1.29, 1.82) is 0 Å². The lowest BCUT2D eigenvalue weighted by molar-refractivity contribution is 0.112. The largest absolute Gasteiger partial charge is 0.375 e. The second-order valence-corrected chi connectivity index (χ2v) is 11.2. The van der Waals surface area contributed by atoms with Gasteiger partial charge < -0.3 is 9.30 Å². The molecule has 176 valence electrons. The van der Waals surface area contributed by atoms with Crippen LogP contribution in [0, 0.1) is 6.92 Å². The van der Waals surface area contributed by atoms with E-state index in [1.54, 1.807) is 6.21 Å². The molecule has 0 fully saturated rings. The minimum atomic E-state index is -1.37. The van der Waals surface area contributed by atoms with Crippen LogP contribution in [0.25, 0.3) is 11.3 Å². The van der Waals surface area contributed by atoms with Crippen LogP contribution < -0.4 is 0 Å². The minimum absolute atomic E-state index is 0.245. The lowest BCUT2D eigenvalue weighted by Crippen LogP contribution is -2.20. The normalized spacial score (nSPS) is 13.2. The van der Waals surface area contributed by atoms with E-state index in [0.717, 1.165) is 34.0 Å². The van der Waals surface area contributed by atoms with Gasteiger partial charge in [0.25, 0.3) is 0 Å². The summed E-state index contributed by atoms with van der Waals surface area (Å²) in [7, 11) is -1.37. The zero-order chi connectivity index (χ0) is 24.0. The van der Waals surface area contributed by atoms with Gasteiger partial charge in [-0.1, -0.05) is 44.2 Å². The van der Waals surface area contributed by atoms with Crippen LogP contribution in [0.5, 0.6) is 0 Å². The van der Waals surface area contributed by atoms with Gasteiger partial charge in [-0.3, -0.25) is 4.98 Å². The minimum Gasteiger partial charge on any atom is -0.375 e. The Labute approximate surface area is 199 Å². The number of aryl methyl sites for hydroxylation is 1. The number of nitrogens with zero attached hydrogens (tertiary/aromatic N) is 4. The quantitative estimate of drug-likeness (QED) is 0.309. The molecule has 33 heavy (non-hydrogen) atoms. The number of pyridine rings is 1. The molecule has 1 aromatic carbocycles. The zero-order valence-electron chi connectivity index (χ0n) is 20.4. The Balaban J connectivity index is 1.93. The summed E-state index contributed by atoms with van der Waals surface area (Å²) in [5.41, 5.74) is 4.72. The monoisotopic (exact) mass is 466 g/mol. The third kappa shape index (κ3) is 6.45. The summed E-state index contributed by atoms with van der Waals surface area (Å²) in [6, 6.07) is 14.1. The van der Waals surface area contributed by atoms with Crippen LogP contribution in [0.1, 0.15) is 63.3 Å². The molecule has 0 aliphatic rings. The number of ether oxygens (including phenoxy) is 1. The molecule has 0 saturated carbocycles. The maximum absolute atomic E-state index is 12.6. The smallest absolute Gasteiger partial charge is 0.144 e. The van der Waals surface area contributed by atoms with Gasteiger partial charge in [0.1, 0.15) is 16.8 Å². The van der Waals surface area contributed by atoms with E-state index in [4.69, 9.17) is 9.72 Å². The molecule has 1 atom stereocenters. The van der Waals surface area contributed by atoms with Crippen molar-refractivity contribution in [2.24, 2.45) is 4.40 Å². The average Bonchev–Trinajstić information content (AvgIpc) is 3.10. The molecule has 0 amide bonds. The van der Waals surface area contributed by atoms with E-state index in [1.165, 1.54) is 0 Å². The Hall–Kier alpha value is -2.64. The van der Waals surface area contributed by atoms with Crippen molar-refractivity contribution >= 4 is 17.2 Å². The molecule has 3 aromatic rings. The summed E-state index contributed by atoms with van der Waals surface area (Å²) >= 11 is 0. The molecule has 0 spiro atoms. The van der Waals surface area contributed by atoms with E-state index in [0.29, 0.717) is 19.8 Å². The van der Waals surface area contributed by atoms with Crippen molar-refractivity contribution in [3.63, 3.8) is 0 Å². The number of imidazole rings is 1. The third-order valence-corrected chi connectivity index (χ3v) is 6.55. The first kappa shape index (κ1) is 25.0. The number of aromatic nitrogens is 3. The third-order valence-electron chi connectivity index (χ3n) is 5.20. The molecule has 0 aliphatic carbocycles. The first-order valence-corrected chi connectivity index (χ1v) is 12.4. The Bertz CT molecular complexity index is 1120. The summed E-state index contributed by atoms with van der Waals surface area (Å²) < 4.78 is 24.6. The molecule has 3 rings (SSSR count). The van der Waals surface area contributed by atoms with Crippen molar-refractivity contribution < 1.29 is 8.95 Å². The maximum Gasteiger partial charge on any atom is 0.144 e. The van der Waals surface area contributed by atoms with Crippen LogP contribution in [-0.2, 0) is 28.9 Å². The number of hydrogen-bond acceptors (Lipinski definition) is 4. The van der Waals surface area contributed by atoms with E-state index in [1.807, 2.05) is 64.2 Å². The van der Waals surface area contributed by atoms with Crippen LogP contribution in [0.3, 0.4) is 0 Å². The fourth-order valence-corrected chi connectivity index (χ4v) is 3.96. The molecule has 7 heteroatoms. The fourth-order valence-electron chi connectivity index (χ4n) is 3.45. The highest BCUT2D eigenvalue weighted by atomic mass is 32.2. The standard InChI is InChI=1S/C26H34N4O2S/c1-19(2)24-22(13-10-14-27-24)25-23(17-28-33(31)26(4,5)6)30(20(3)29-25)15-16-32-18-21-11-8-7-9-12-21/h7-14,17,19H,15-16,18H2,1-6H3/b28-17+/t33-/m0/s1. The molecule has 0 saturated heterocycles. The van der Waals surface area contributed by atoms with Crippen LogP contribution in [0.15, 0.2) is 53.1 Å². The van der Waals surface area contributed by atoms with Gasteiger partial charge in [-0.25, -0.2) is 9.19 Å². The van der Waals surface area contributed by atoms with E-state index < -0.39 is 15.7 Å². The Morgan fingerprint density at radius 3 is 2.55 bits per heavy atom. The predicted molar refractivity (Wildman–Crippen MR) is 136 cm³/mol. The van der Waals surface area contributed by atoms with Crippen LogP contribution >= 0.6 is 0 Å². The number of hydrogen-bond donors (Lipinski definition) is 0. The molecule has 2 heterocycles. The van der Waals surface area contributed by atoms with Crippen LogP contribution in [-0.4, -0.2) is 36.3 Å². The summed E-state index contributed by atoms with van der Waals surface area (Å²) in [6.07, 6.45) is 3.51. The van der Waals surface area contributed by atoms with Gasteiger partial charge in [0.15, 0.2) is 0 Å². The van der Waals surface area contributed by atoms with E-state index in [-0.39, 0.29) is 5.92 Å². The van der Waals surface area contributed by atoms with Gasteiger partial charge in [-0.05, 0) is 51.3 Å². The summed E-state index contributed by atoms with van der Waals surface area (Å²) in [4.78, 5) is 9.48. The van der Waals surface area contributed by atoms with Gasteiger partial charge in [0.05, 0.1) is 41.3 Å².